The highest BCUT2D eigenvalue weighted by Gasteiger charge is 2.24. The number of carbonyl (C=O) groups is 3. The van der Waals surface area contributed by atoms with Gasteiger partial charge in [0.25, 0.3) is 0 Å². The minimum Gasteiger partial charge on any atom is -0.462 e. The van der Waals surface area contributed by atoms with Crippen molar-refractivity contribution in [2.45, 2.75) is 20.8 Å². The maximum Gasteiger partial charge on any atom is 0.340 e. The van der Waals surface area contributed by atoms with Crippen LogP contribution in [0.15, 0.2) is 18.2 Å². The molecule has 0 bridgehead atoms. The van der Waals surface area contributed by atoms with E-state index in [1.807, 2.05) is 0 Å². The molecule has 8 heteroatoms. The lowest BCUT2D eigenvalue weighted by Gasteiger charge is -2.06. The first-order valence-electron chi connectivity index (χ1n) is 7.77. The van der Waals surface area contributed by atoms with Gasteiger partial charge in [-0.05, 0) is 44.5 Å². The number of hydrogen-bond acceptors (Lipinski definition) is 5. The molecular weight excluding hydrogens is 381 g/mol. The molecule has 0 unspecified atom stereocenters. The Labute approximate surface area is 160 Å². The molecule has 0 aliphatic carbocycles. The van der Waals surface area contributed by atoms with Crippen molar-refractivity contribution in [3.8, 4) is 0 Å². The van der Waals surface area contributed by atoms with Crippen LogP contribution in [-0.4, -0.2) is 35.9 Å². The molecular formula is C18H17Cl2NO5. The van der Waals surface area contributed by atoms with Crippen LogP contribution in [0.3, 0.4) is 0 Å². The number of Topliss-reactive ketones (excluding diaryl/α,β-unsaturated/α-hetero) is 1. The molecule has 0 spiro atoms. The Morgan fingerprint density at radius 3 is 2.38 bits per heavy atom. The summed E-state index contributed by atoms with van der Waals surface area (Å²) in [4.78, 5) is 39.3. The van der Waals surface area contributed by atoms with E-state index in [-0.39, 0.29) is 22.9 Å². The topological polar surface area (TPSA) is 85.5 Å². The van der Waals surface area contributed by atoms with Crippen molar-refractivity contribution in [1.82, 2.24) is 4.98 Å². The molecule has 1 N–H and O–H groups in total. The van der Waals surface area contributed by atoms with Gasteiger partial charge in [0.15, 0.2) is 6.61 Å². The number of ether oxygens (including phenoxy) is 2. The second-order valence-corrected chi connectivity index (χ2v) is 6.31. The normalized spacial score (nSPS) is 10.5. The Balaban J connectivity index is 2.12. The Morgan fingerprint density at radius 1 is 1.08 bits per heavy atom. The van der Waals surface area contributed by atoms with E-state index < -0.39 is 24.3 Å². The zero-order valence-corrected chi connectivity index (χ0v) is 16.0. The van der Waals surface area contributed by atoms with Gasteiger partial charge in [-0.3, -0.25) is 4.79 Å². The Hall–Kier alpha value is -2.31. The van der Waals surface area contributed by atoms with E-state index in [4.69, 9.17) is 32.7 Å². The summed E-state index contributed by atoms with van der Waals surface area (Å²) >= 11 is 11.7. The maximum atomic E-state index is 12.4. The highest BCUT2D eigenvalue weighted by molar-refractivity contribution is 6.36. The molecule has 0 aliphatic heterocycles. The number of ketones is 1. The first-order chi connectivity index (χ1) is 12.3. The van der Waals surface area contributed by atoms with E-state index in [2.05, 4.69) is 4.98 Å². The summed E-state index contributed by atoms with van der Waals surface area (Å²) < 4.78 is 10.0. The largest absolute Gasteiger partial charge is 0.462 e. The molecule has 1 heterocycles. The number of hydrogen-bond donors (Lipinski definition) is 1. The molecule has 0 radical (unpaired) electrons. The standard InChI is InChI=1S/C18H17Cl2NO5/c1-4-25-18(24)15-9(2)16(21-10(15)3)14(22)8-26-17(23)12-6-5-11(19)7-13(12)20/h5-7,21H,4,8H2,1-3H3. The summed E-state index contributed by atoms with van der Waals surface area (Å²) in [5, 5.41) is 0.512. The second kappa shape index (κ2) is 8.38. The van der Waals surface area contributed by atoms with Crippen molar-refractivity contribution in [3.63, 3.8) is 0 Å². The molecule has 6 nitrogen and oxygen atoms in total. The molecule has 0 saturated heterocycles. The average Bonchev–Trinajstić information content (AvgIpc) is 2.87. The molecule has 0 fully saturated rings. The van der Waals surface area contributed by atoms with Crippen molar-refractivity contribution in [2.75, 3.05) is 13.2 Å². The third-order valence-electron chi connectivity index (χ3n) is 3.68. The van der Waals surface area contributed by atoms with Gasteiger partial charge >= 0.3 is 11.9 Å². The summed E-state index contributed by atoms with van der Waals surface area (Å²) in [6.07, 6.45) is 0. The summed E-state index contributed by atoms with van der Waals surface area (Å²) in [6.45, 7) is 4.71. The quantitative estimate of drug-likeness (QED) is 0.584. The zero-order chi connectivity index (χ0) is 19.4. The molecule has 0 aliphatic rings. The average molecular weight is 398 g/mol. The third-order valence-corrected chi connectivity index (χ3v) is 4.23. The molecule has 0 atom stereocenters. The van der Waals surface area contributed by atoms with E-state index in [9.17, 15) is 14.4 Å². The lowest BCUT2D eigenvalue weighted by molar-refractivity contribution is 0.0472. The molecule has 0 saturated carbocycles. The van der Waals surface area contributed by atoms with E-state index in [0.717, 1.165) is 0 Å². The highest BCUT2D eigenvalue weighted by atomic mass is 35.5. The number of H-pyrrole nitrogens is 1. The fraction of sp³-hybridized carbons (Fsp3) is 0.278. The Kier molecular flexibility index (Phi) is 6.45. The fourth-order valence-corrected chi connectivity index (χ4v) is 2.96. The number of aryl methyl sites for hydroxylation is 1. The lowest BCUT2D eigenvalue weighted by Crippen LogP contribution is -2.16. The molecule has 26 heavy (non-hydrogen) atoms. The molecule has 2 aromatic rings. The van der Waals surface area contributed by atoms with Crippen molar-refractivity contribution in [1.29, 1.82) is 0 Å². The smallest absolute Gasteiger partial charge is 0.340 e. The number of aromatic amines is 1. The second-order valence-electron chi connectivity index (χ2n) is 5.47. The van der Waals surface area contributed by atoms with Crippen molar-refractivity contribution >= 4 is 40.9 Å². The number of halogens is 2. The van der Waals surface area contributed by atoms with Crippen LogP contribution < -0.4 is 0 Å². The van der Waals surface area contributed by atoms with Crippen LogP contribution in [-0.2, 0) is 9.47 Å². The van der Waals surface area contributed by atoms with Crippen molar-refractivity contribution < 1.29 is 23.9 Å². The van der Waals surface area contributed by atoms with E-state index in [0.29, 0.717) is 21.8 Å². The number of aromatic nitrogens is 1. The summed E-state index contributed by atoms with van der Waals surface area (Å²) in [7, 11) is 0. The van der Waals surface area contributed by atoms with E-state index in [1.54, 1.807) is 20.8 Å². The van der Waals surface area contributed by atoms with Crippen molar-refractivity contribution in [3.05, 3.63) is 56.3 Å². The van der Waals surface area contributed by atoms with E-state index >= 15 is 0 Å². The summed E-state index contributed by atoms with van der Waals surface area (Å²) in [6, 6.07) is 4.32. The predicted molar refractivity (Wildman–Crippen MR) is 97.3 cm³/mol. The number of esters is 2. The van der Waals surface area contributed by atoms with Crippen LogP contribution in [0.4, 0.5) is 0 Å². The van der Waals surface area contributed by atoms with Crippen LogP contribution >= 0.6 is 23.2 Å². The van der Waals surface area contributed by atoms with Gasteiger partial charge in [0, 0.05) is 10.7 Å². The summed E-state index contributed by atoms with van der Waals surface area (Å²) in [5.74, 6) is -1.73. The van der Waals surface area contributed by atoms with Gasteiger partial charge in [0.1, 0.15) is 0 Å². The lowest BCUT2D eigenvalue weighted by atomic mass is 10.1. The van der Waals surface area contributed by atoms with Crippen molar-refractivity contribution in [2.24, 2.45) is 0 Å². The third kappa shape index (κ3) is 4.26. The van der Waals surface area contributed by atoms with Crippen LogP contribution in [0, 0.1) is 13.8 Å². The van der Waals surface area contributed by atoms with Crippen LogP contribution in [0.25, 0.3) is 0 Å². The SMILES string of the molecule is CCOC(=O)c1c(C)[nH]c(C(=O)COC(=O)c2ccc(Cl)cc2Cl)c1C. The number of nitrogens with one attached hydrogen (secondary N) is 1. The van der Waals surface area contributed by atoms with Gasteiger partial charge in [-0.2, -0.15) is 0 Å². The van der Waals surface area contributed by atoms with Gasteiger partial charge in [-0.1, -0.05) is 23.2 Å². The maximum absolute atomic E-state index is 12.4. The number of benzene rings is 1. The van der Waals surface area contributed by atoms with Crippen LogP contribution in [0.5, 0.6) is 0 Å². The molecule has 2 rings (SSSR count). The van der Waals surface area contributed by atoms with E-state index in [1.165, 1.54) is 18.2 Å². The van der Waals surface area contributed by atoms with Gasteiger partial charge in [0.05, 0.1) is 28.5 Å². The highest BCUT2D eigenvalue weighted by Crippen LogP contribution is 2.22. The molecule has 0 amide bonds. The minimum absolute atomic E-state index is 0.107. The Bertz CT molecular complexity index is 873. The fourth-order valence-electron chi connectivity index (χ4n) is 2.47. The zero-order valence-electron chi connectivity index (χ0n) is 14.4. The molecule has 138 valence electrons. The minimum atomic E-state index is -0.744. The summed E-state index contributed by atoms with van der Waals surface area (Å²) in [5.41, 5.74) is 1.57. The predicted octanol–water partition coefficient (Wildman–Crippen LogP) is 4.15. The van der Waals surface area contributed by atoms with Crippen LogP contribution in [0.2, 0.25) is 10.0 Å². The monoisotopic (exact) mass is 397 g/mol. The van der Waals surface area contributed by atoms with Gasteiger partial charge in [-0.15, -0.1) is 0 Å². The van der Waals surface area contributed by atoms with Gasteiger partial charge in [-0.25, -0.2) is 9.59 Å². The Morgan fingerprint density at radius 2 is 1.77 bits per heavy atom. The van der Waals surface area contributed by atoms with Gasteiger partial charge < -0.3 is 14.5 Å². The first-order valence-corrected chi connectivity index (χ1v) is 8.53. The number of rotatable bonds is 6. The van der Waals surface area contributed by atoms with Crippen LogP contribution in [0.1, 0.15) is 49.4 Å². The first kappa shape index (κ1) is 20.0. The molecule has 1 aromatic carbocycles. The number of carbonyl (C=O) groups excluding carboxylic acids is 3. The molecule has 1 aromatic heterocycles. The van der Waals surface area contributed by atoms with Gasteiger partial charge in [0.2, 0.25) is 5.78 Å².